The van der Waals surface area contributed by atoms with Gasteiger partial charge in [0.2, 0.25) is 0 Å². The van der Waals surface area contributed by atoms with E-state index >= 15 is 0 Å². The molecule has 18 heavy (non-hydrogen) atoms. The summed E-state index contributed by atoms with van der Waals surface area (Å²) in [6.07, 6.45) is 7.71. The summed E-state index contributed by atoms with van der Waals surface area (Å²) in [4.78, 5) is 6.89. The van der Waals surface area contributed by atoms with Crippen molar-refractivity contribution in [3.8, 4) is 0 Å². The van der Waals surface area contributed by atoms with Gasteiger partial charge in [0.15, 0.2) is 0 Å². The number of benzene rings is 1. The molecular formula is C16H16N2. The van der Waals surface area contributed by atoms with Crippen LogP contribution in [-0.4, -0.2) is 11.0 Å². The number of pyridine rings is 1. The zero-order valence-electron chi connectivity index (χ0n) is 10.3. The van der Waals surface area contributed by atoms with Crippen LogP contribution >= 0.6 is 0 Å². The molecule has 1 aromatic carbocycles. The van der Waals surface area contributed by atoms with Crippen LogP contribution in [0.5, 0.6) is 0 Å². The number of hydrogen-bond acceptors (Lipinski definition) is 2. The first-order valence-corrected chi connectivity index (χ1v) is 6.69. The number of nitrogens with zero attached hydrogens (tertiary/aromatic N) is 2. The van der Waals surface area contributed by atoms with Gasteiger partial charge in [-0.1, -0.05) is 18.2 Å². The second kappa shape index (κ2) is 3.84. The Morgan fingerprint density at radius 1 is 1.06 bits per heavy atom. The maximum Gasteiger partial charge on any atom is 0.0550 e. The van der Waals surface area contributed by atoms with E-state index in [9.17, 15) is 0 Å². The standard InChI is InChI=1S/C16H16N2/c1-2-4-13(5-3-1)18-14-6-7-16(18)15-8-9-17-11-12(15)10-14/h1-5,8-9,11,14,16H,6-7,10H2/t14-,16+/m1/s1. The van der Waals surface area contributed by atoms with Crippen LogP contribution in [0.25, 0.3) is 0 Å². The molecule has 0 N–H and O–H groups in total. The average molecular weight is 236 g/mol. The molecule has 2 nitrogen and oxygen atoms in total. The van der Waals surface area contributed by atoms with Gasteiger partial charge in [-0.3, -0.25) is 4.98 Å². The summed E-state index contributed by atoms with van der Waals surface area (Å²) in [5, 5.41) is 0. The molecule has 0 aliphatic carbocycles. The molecule has 1 fully saturated rings. The minimum atomic E-state index is 0.559. The third-order valence-electron chi connectivity index (χ3n) is 4.31. The monoisotopic (exact) mass is 236 g/mol. The van der Waals surface area contributed by atoms with Crippen LogP contribution in [0, 0.1) is 0 Å². The van der Waals surface area contributed by atoms with Crippen molar-refractivity contribution in [3.63, 3.8) is 0 Å². The molecule has 0 amide bonds. The van der Waals surface area contributed by atoms with Gasteiger partial charge in [0.05, 0.1) is 6.04 Å². The van der Waals surface area contributed by atoms with E-state index in [4.69, 9.17) is 0 Å². The lowest BCUT2D eigenvalue weighted by molar-refractivity contribution is 0.597. The normalized spacial score (nSPS) is 25.0. The van der Waals surface area contributed by atoms with E-state index in [1.807, 2.05) is 6.20 Å². The lowest BCUT2D eigenvalue weighted by Gasteiger charge is -2.38. The van der Waals surface area contributed by atoms with E-state index in [1.165, 1.54) is 29.7 Å². The van der Waals surface area contributed by atoms with E-state index in [-0.39, 0.29) is 0 Å². The van der Waals surface area contributed by atoms with Crippen molar-refractivity contribution in [2.45, 2.75) is 31.3 Å². The smallest absolute Gasteiger partial charge is 0.0550 e. The maximum atomic E-state index is 4.27. The molecule has 2 aliphatic heterocycles. The van der Waals surface area contributed by atoms with Crippen LogP contribution in [-0.2, 0) is 6.42 Å². The lowest BCUT2D eigenvalue weighted by atomic mass is 9.94. The van der Waals surface area contributed by atoms with Crippen LogP contribution in [0.15, 0.2) is 48.8 Å². The predicted octanol–water partition coefficient (Wildman–Crippen LogP) is 3.35. The molecule has 0 radical (unpaired) electrons. The van der Waals surface area contributed by atoms with Gasteiger partial charge in [-0.2, -0.15) is 0 Å². The zero-order valence-corrected chi connectivity index (χ0v) is 10.3. The second-order valence-corrected chi connectivity index (χ2v) is 5.27. The van der Waals surface area contributed by atoms with E-state index in [1.54, 1.807) is 0 Å². The number of para-hydroxylation sites is 1. The Hall–Kier alpha value is -1.83. The quantitative estimate of drug-likeness (QED) is 0.755. The van der Waals surface area contributed by atoms with Gasteiger partial charge in [-0.15, -0.1) is 0 Å². The third-order valence-corrected chi connectivity index (χ3v) is 4.31. The molecule has 2 heteroatoms. The highest BCUT2D eigenvalue weighted by Gasteiger charge is 2.39. The fourth-order valence-corrected chi connectivity index (χ4v) is 3.57. The molecule has 4 rings (SSSR count). The Balaban J connectivity index is 1.81. The molecule has 0 unspecified atom stereocenters. The highest BCUT2D eigenvalue weighted by Crippen LogP contribution is 2.45. The van der Waals surface area contributed by atoms with Gasteiger partial charge in [0, 0.05) is 24.1 Å². The van der Waals surface area contributed by atoms with E-state index in [2.05, 4.69) is 52.5 Å². The fourth-order valence-electron chi connectivity index (χ4n) is 3.57. The fraction of sp³-hybridized carbons (Fsp3) is 0.312. The molecule has 0 saturated carbocycles. The molecule has 1 saturated heterocycles. The Morgan fingerprint density at radius 3 is 2.83 bits per heavy atom. The van der Waals surface area contributed by atoms with Crippen molar-refractivity contribution in [1.82, 2.24) is 4.98 Å². The first kappa shape index (κ1) is 10.1. The van der Waals surface area contributed by atoms with Crippen LogP contribution in [0.4, 0.5) is 5.69 Å². The molecule has 2 bridgehead atoms. The number of fused-ring (bicyclic) bond motifs is 4. The number of rotatable bonds is 1. The average Bonchev–Trinajstić information content (AvgIpc) is 2.75. The first-order valence-electron chi connectivity index (χ1n) is 6.69. The van der Waals surface area contributed by atoms with Crippen molar-refractivity contribution in [2.75, 3.05) is 4.90 Å². The number of anilines is 1. The lowest BCUT2D eigenvalue weighted by Crippen LogP contribution is -2.37. The second-order valence-electron chi connectivity index (χ2n) is 5.27. The van der Waals surface area contributed by atoms with Gasteiger partial charge in [0.1, 0.15) is 0 Å². The minimum absolute atomic E-state index is 0.559. The molecule has 0 spiro atoms. The Kier molecular flexibility index (Phi) is 2.16. The minimum Gasteiger partial charge on any atom is -0.361 e. The molecular weight excluding hydrogens is 220 g/mol. The van der Waals surface area contributed by atoms with Crippen LogP contribution in [0.2, 0.25) is 0 Å². The Bertz CT molecular complexity index is 564. The SMILES string of the molecule is c1ccc(N2[C@@H]3CC[C@H]2c2ccncc2C3)cc1. The van der Waals surface area contributed by atoms with Gasteiger partial charge in [-0.05, 0) is 48.6 Å². The number of hydrogen-bond donors (Lipinski definition) is 0. The molecule has 90 valence electrons. The topological polar surface area (TPSA) is 16.1 Å². The molecule has 1 aromatic heterocycles. The number of aromatic nitrogens is 1. The summed E-state index contributed by atoms with van der Waals surface area (Å²) in [6.45, 7) is 0. The highest BCUT2D eigenvalue weighted by atomic mass is 15.2. The van der Waals surface area contributed by atoms with Gasteiger partial charge in [0.25, 0.3) is 0 Å². The van der Waals surface area contributed by atoms with Gasteiger partial charge >= 0.3 is 0 Å². The van der Waals surface area contributed by atoms with E-state index < -0.39 is 0 Å². The molecule has 2 atom stereocenters. The molecule has 3 heterocycles. The summed E-state index contributed by atoms with van der Waals surface area (Å²) < 4.78 is 0. The van der Waals surface area contributed by atoms with Crippen molar-refractivity contribution in [1.29, 1.82) is 0 Å². The van der Waals surface area contributed by atoms with Crippen LogP contribution < -0.4 is 4.90 Å². The Labute approximate surface area is 107 Å². The van der Waals surface area contributed by atoms with Gasteiger partial charge in [-0.25, -0.2) is 0 Å². The summed E-state index contributed by atoms with van der Waals surface area (Å²) in [5.41, 5.74) is 4.31. The van der Waals surface area contributed by atoms with Crippen molar-refractivity contribution >= 4 is 5.69 Å². The largest absolute Gasteiger partial charge is 0.361 e. The zero-order chi connectivity index (χ0) is 11.9. The van der Waals surface area contributed by atoms with Gasteiger partial charge < -0.3 is 4.90 Å². The summed E-state index contributed by atoms with van der Waals surface area (Å²) in [5.74, 6) is 0. The van der Waals surface area contributed by atoms with Crippen LogP contribution in [0.3, 0.4) is 0 Å². The first-order chi connectivity index (χ1) is 8.93. The van der Waals surface area contributed by atoms with Crippen LogP contribution in [0.1, 0.15) is 30.0 Å². The van der Waals surface area contributed by atoms with Crippen molar-refractivity contribution in [2.24, 2.45) is 0 Å². The predicted molar refractivity (Wildman–Crippen MR) is 72.6 cm³/mol. The highest BCUT2D eigenvalue weighted by molar-refractivity contribution is 5.54. The summed E-state index contributed by atoms with van der Waals surface area (Å²) in [7, 11) is 0. The van der Waals surface area contributed by atoms with E-state index in [0.717, 1.165) is 6.42 Å². The van der Waals surface area contributed by atoms with Crippen molar-refractivity contribution in [3.05, 3.63) is 59.9 Å². The molecule has 2 aliphatic rings. The Morgan fingerprint density at radius 2 is 1.94 bits per heavy atom. The van der Waals surface area contributed by atoms with E-state index in [0.29, 0.717) is 12.1 Å². The summed E-state index contributed by atoms with van der Waals surface area (Å²) >= 11 is 0. The van der Waals surface area contributed by atoms with Crippen molar-refractivity contribution < 1.29 is 0 Å². The summed E-state index contributed by atoms with van der Waals surface area (Å²) in [6, 6.07) is 14.3. The maximum absolute atomic E-state index is 4.27. The molecule has 2 aromatic rings. The third kappa shape index (κ3) is 1.38.